The van der Waals surface area contributed by atoms with Gasteiger partial charge in [0.2, 0.25) is 0 Å². The molecule has 2 aromatic rings. The Bertz CT molecular complexity index is 494. The lowest BCUT2D eigenvalue weighted by Gasteiger charge is -2.04. The van der Waals surface area contributed by atoms with Gasteiger partial charge in [0, 0.05) is 16.9 Å². The topological polar surface area (TPSA) is 51.8 Å². The van der Waals surface area contributed by atoms with Crippen molar-refractivity contribution in [3.63, 3.8) is 0 Å². The van der Waals surface area contributed by atoms with Crippen molar-refractivity contribution in [3.05, 3.63) is 36.0 Å². The molecule has 2 N–H and O–H groups in total. The van der Waals surface area contributed by atoms with E-state index in [0.717, 1.165) is 27.8 Å². The standard InChI is InChI=1S/C12H13N3S/c1-8-7-11(15-12(14-8)16-2)9-3-5-10(13)6-4-9/h3-7H,13H2,1-2H3. The molecule has 0 spiro atoms. The van der Waals surface area contributed by atoms with Gasteiger partial charge in [0.15, 0.2) is 5.16 Å². The van der Waals surface area contributed by atoms with Crippen LogP contribution in [0.15, 0.2) is 35.5 Å². The Hall–Kier alpha value is -1.55. The van der Waals surface area contributed by atoms with Gasteiger partial charge < -0.3 is 5.73 Å². The van der Waals surface area contributed by atoms with Crippen molar-refractivity contribution < 1.29 is 0 Å². The van der Waals surface area contributed by atoms with Gasteiger partial charge in [0.05, 0.1) is 5.69 Å². The molecule has 4 heteroatoms. The lowest BCUT2D eigenvalue weighted by Crippen LogP contribution is -1.93. The Balaban J connectivity index is 2.47. The van der Waals surface area contributed by atoms with Crippen molar-refractivity contribution in [3.8, 4) is 11.3 Å². The zero-order valence-electron chi connectivity index (χ0n) is 9.27. The summed E-state index contributed by atoms with van der Waals surface area (Å²) in [5.74, 6) is 0. The van der Waals surface area contributed by atoms with Crippen LogP contribution >= 0.6 is 11.8 Å². The molecule has 0 aliphatic heterocycles. The van der Waals surface area contributed by atoms with Crippen molar-refractivity contribution in [1.82, 2.24) is 9.97 Å². The third-order valence-electron chi connectivity index (χ3n) is 2.22. The number of thioether (sulfide) groups is 1. The molecule has 0 aliphatic carbocycles. The normalized spacial score (nSPS) is 10.4. The fraction of sp³-hybridized carbons (Fsp3) is 0.167. The highest BCUT2D eigenvalue weighted by molar-refractivity contribution is 7.98. The molecule has 0 atom stereocenters. The molecule has 0 saturated carbocycles. The molecule has 0 unspecified atom stereocenters. The molecule has 1 heterocycles. The number of hydrogen-bond donors (Lipinski definition) is 1. The maximum atomic E-state index is 5.65. The summed E-state index contributed by atoms with van der Waals surface area (Å²) in [7, 11) is 0. The van der Waals surface area contributed by atoms with Gasteiger partial charge in [0.25, 0.3) is 0 Å². The lowest BCUT2D eigenvalue weighted by molar-refractivity contribution is 0.941. The Morgan fingerprint density at radius 3 is 2.44 bits per heavy atom. The zero-order chi connectivity index (χ0) is 11.5. The van der Waals surface area contributed by atoms with Crippen LogP contribution in [0.5, 0.6) is 0 Å². The van der Waals surface area contributed by atoms with E-state index in [1.165, 1.54) is 0 Å². The van der Waals surface area contributed by atoms with Gasteiger partial charge >= 0.3 is 0 Å². The van der Waals surface area contributed by atoms with Crippen molar-refractivity contribution >= 4 is 17.4 Å². The molecule has 82 valence electrons. The van der Waals surface area contributed by atoms with Crippen LogP contribution in [-0.2, 0) is 0 Å². The van der Waals surface area contributed by atoms with Crippen LogP contribution in [0.25, 0.3) is 11.3 Å². The average molecular weight is 231 g/mol. The molecule has 1 aromatic heterocycles. The van der Waals surface area contributed by atoms with Crippen LogP contribution in [0.1, 0.15) is 5.69 Å². The smallest absolute Gasteiger partial charge is 0.188 e. The molecular weight excluding hydrogens is 218 g/mol. The van der Waals surface area contributed by atoms with E-state index in [0.29, 0.717) is 0 Å². The summed E-state index contributed by atoms with van der Waals surface area (Å²) in [6.45, 7) is 1.97. The minimum atomic E-state index is 0.764. The average Bonchev–Trinajstić information content (AvgIpc) is 2.29. The van der Waals surface area contributed by atoms with Gasteiger partial charge in [-0.1, -0.05) is 23.9 Å². The highest BCUT2D eigenvalue weighted by atomic mass is 32.2. The Morgan fingerprint density at radius 2 is 1.81 bits per heavy atom. The zero-order valence-corrected chi connectivity index (χ0v) is 10.1. The monoisotopic (exact) mass is 231 g/mol. The molecule has 0 radical (unpaired) electrons. The molecule has 1 aromatic carbocycles. The number of nitrogen functional groups attached to an aromatic ring is 1. The third kappa shape index (κ3) is 2.33. The maximum Gasteiger partial charge on any atom is 0.188 e. The van der Waals surface area contributed by atoms with Gasteiger partial charge in [-0.05, 0) is 31.4 Å². The van der Waals surface area contributed by atoms with Gasteiger partial charge in [-0.2, -0.15) is 0 Å². The summed E-state index contributed by atoms with van der Waals surface area (Å²) in [5, 5.41) is 0.798. The van der Waals surface area contributed by atoms with Crippen molar-refractivity contribution in [2.75, 3.05) is 12.0 Å². The fourth-order valence-corrected chi connectivity index (χ4v) is 1.86. The number of nitrogens with zero attached hydrogens (tertiary/aromatic N) is 2. The van der Waals surface area contributed by atoms with E-state index in [2.05, 4.69) is 9.97 Å². The van der Waals surface area contributed by atoms with Crippen LogP contribution in [0.4, 0.5) is 5.69 Å². The molecule has 0 saturated heterocycles. The summed E-state index contributed by atoms with van der Waals surface area (Å²) >= 11 is 1.55. The highest BCUT2D eigenvalue weighted by Crippen LogP contribution is 2.21. The van der Waals surface area contributed by atoms with E-state index >= 15 is 0 Å². The molecule has 0 fully saturated rings. The van der Waals surface area contributed by atoms with E-state index in [1.807, 2.05) is 43.5 Å². The molecule has 16 heavy (non-hydrogen) atoms. The highest BCUT2D eigenvalue weighted by Gasteiger charge is 2.03. The number of hydrogen-bond acceptors (Lipinski definition) is 4. The molecule has 0 bridgehead atoms. The lowest BCUT2D eigenvalue weighted by atomic mass is 10.1. The predicted molar refractivity (Wildman–Crippen MR) is 68.4 cm³/mol. The second-order valence-corrected chi connectivity index (χ2v) is 4.28. The number of aromatic nitrogens is 2. The van der Waals surface area contributed by atoms with Gasteiger partial charge in [-0.25, -0.2) is 9.97 Å². The quantitative estimate of drug-likeness (QED) is 0.490. The van der Waals surface area contributed by atoms with E-state index in [4.69, 9.17) is 5.73 Å². The fourth-order valence-electron chi connectivity index (χ4n) is 1.43. The molecule has 0 amide bonds. The summed E-state index contributed by atoms with van der Waals surface area (Å²) in [6, 6.07) is 9.69. The molecule has 2 rings (SSSR count). The second-order valence-electron chi connectivity index (χ2n) is 3.50. The van der Waals surface area contributed by atoms with Crippen molar-refractivity contribution in [2.24, 2.45) is 0 Å². The van der Waals surface area contributed by atoms with Crippen LogP contribution in [0, 0.1) is 6.92 Å². The van der Waals surface area contributed by atoms with E-state index in [-0.39, 0.29) is 0 Å². The summed E-state index contributed by atoms with van der Waals surface area (Å²) in [6.07, 6.45) is 1.97. The van der Waals surface area contributed by atoms with Crippen molar-refractivity contribution in [1.29, 1.82) is 0 Å². The summed E-state index contributed by atoms with van der Waals surface area (Å²) < 4.78 is 0. The maximum absolute atomic E-state index is 5.65. The number of rotatable bonds is 2. The van der Waals surface area contributed by atoms with Crippen LogP contribution in [-0.4, -0.2) is 16.2 Å². The van der Waals surface area contributed by atoms with E-state index < -0.39 is 0 Å². The van der Waals surface area contributed by atoms with Gasteiger partial charge in [-0.3, -0.25) is 0 Å². The SMILES string of the molecule is CSc1nc(C)cc(-c2ccc(N)cc2)n1. The van der Waals surface area contributed by atoms with E-state index in [9.17, 15) is 0 Å². The third-order valence-corrected chi connectivity index (χ3v) is 2.77. The number of aryl methyl sites for hydroxylation is 1. The minimum Gasteiger partial charge on any atom is -0.399 e. The Morgan fingerprint density at radius 1 is 1.12 bits per heavy atom. The number of benzene rings is 1. The van der Waals surface area contributed by atoms with Crippen LogP contribution in [0.2, 0.25) is 0 Å². The molecule has 0 aliphatic rings. The second kappa shape index (κ2) is 4.53. The van der Waals surface area contributed by atoms with Gasteiger partial charge in [-0.15, -0.1) is 0 Å². The van der Waals surface area contributed by atoms with Crippen LogP contribution in [0.3, 0.4) is 0 Å². The first-order valence-corrected chi connectivity index (χ1v) is 6.17. The Kier molecular flexibility index (Phi) is 3.10. The first-order valence-electron chi connectivity index (χ1n) is 4.94. The molecular formula is C12H13N3S. The Labute approximate surface area is 99.1 Å². The summed E-state index contributed by atoms with van der Waals surface area (Å²) in [5.41, 5.74) is 9.40. The number of anilines is 1. The van der Waals surface area contributed by atoms with Gasteiger partial charge in [0.1, 0.15) is 0 Å². The number of nitrogens with two attached hydrogens (primary N) is 1. The summed E-state index contributed by atoms with van der Waals surface area (Å²) in [4.78, 5) is 8.79. The largest absolute Gasteiger partial charge is 0.399 e. The first-order chi connectivity index (χ1) is 7.69. The molecule has 3 nitrogen and oxygen atoms in total. The first kappa shape index (κ1) is 11.0. The van der Waals surface area contributed by atoms with Crippen molar-refractivity contribution in [2.45, 2.75) is 12.1 Å². The minimum absolute atomic E-state index is 0.764. The van der Waals surface area contributed by atoms with Crippen LogP contribution < -0.4 is 5.73 Å². The predicted octanol–water partition coefficient (Wildman–Crippen LogP) is 2.76. The van der Waals surface area contributed by atoms with E-state index in [1.54, 1.807) is 11.8 Å².